The molecule has 0 saturated heterocycles. The lowest BCUT2D eigenvalue weighted by Gasteiger charge is -2.28. The molecule has 1 fully saturated rings. The van der Waals surface area contributed by atoms with Gasteiger partial charge >= 0.3 is 5.97 Å². The summed E-state index contributed by atoms with van der Waals surface area (Å²) in [5.74, 6) is -0.386. The molecule has 0 heterocycles. The van der Waals surface area contributed by atoms with E-state index < -0.39 is 5.97 Å². The maximum absolute atomic E-state index is 11.7. The van der Waals surface area contributed by atoms with E-state index in [1.54, 1.807) is 0 Å². The number of hydrogen-bond donors (Lipinski definition) is 3. The van der Waals surface area contributed by atoms with Crippen LogP contribution in [0, 0.1) is 5.92 Å². The molecule has 0 aromatic carbocycles. The summed E-state index contributed by atoms with van der Waals surface area (Å²) >= 11 is 0. The fourth-order valence-electron chi connectivity index (χ4n) is 2.74. The molecule has 110 valence electrons. The van der Waals surface area contributed by atoms with Crippen molar-refractivity contribution >= 4 is 11.9 Å². The molecule has 2 atom stereocenters. The molecule has 4 N–H and O–H groups in total. The molecule has 0 aliphatic heterocycles. The summed E-state index contributed by atoms with van der Waals surface area (Å²) in [7, 11) is 1.95. The summed E-state index contributed by atoms with van der Waals surface area (Å²) in [6.45, 7) is 1.45. The minimum Gasteiger partial charge on any atom is -0.481 e. The molecule has 1 aliphatic rings. The van der Waals surface area contributed by atoms with Crippen molar-refractivity contribution in [3.63, 3.8) is 0 Å². The molecule has 1 amide bonds. The van der Waals surface area contributed by atoms with Crippen molar-refractivity contribution in [1.82, 2.24) is 10.2 Å². The molecule has 19 heavy (non-hydrogen) atoms. The van der Waals surface area contributed by atoms with Crippen LogP contribution >= 0.6 is 0 Å². The number of carbonyl (C=O) groups is 2. The van der Waals surface area contributed by atoms with Crippen molar-refractivity contribution in [3.8, 4) is 0 Å². The minimum atomic E-state index is -0.830. The van der Waals surface area contributed by atoms with Crippen LogP contribution in [0.1, 0.15) is 32.1 Å². The Bertz CT molecular complexity index is 310. The summed E-state index contributed by atoms with van der Waals surface area (Å²) < 4.78 is 0. The summed E-state index contributed by atoms with van der Waals surface area (Å²) in [6, 6.07) is 0.398. The van der Waals surface area contributed by atoms with Crippen LogP contribution in [0.2, 0.25) is 0 Å². The number of nitrogens with two attached hydrogens (primary N) is 1. The van der Waals surface area contributed by atoms with Gasteiger partial charge in [-0.25, -0.2) is 0 Å². The lowest BCUT2D eigenvalue weighted by atomic mass is 10.0. The average molecular weight is 271 g/mol. The van der Waals surface area contributed by atoms with Gasteiger partial charge in [-0.05, 0) is 38.8 Å². The first-order valence-corrected chi connectivity index (χ1v) is 6.93. The van der Waals surface area contributed by atoms with E-state index in [4.69, 9.17) is 10.8 Å². The Morgan fingerprint density at radius 2 is 2.16 bits per heavy atom. The number of likely N-dealkylation sites (N-methyl/N-ethyl adjacent to an activating group) is 1. The SMILES string of the molecule is CN(CC(=O)NCCCC(=O)O)C1CCCC1CN. The van der Waals surface area contributed by atoms with E-state index in [1.165, 1.54) is 6.42 Å². The van der Waals surface area contributed by atoms with Gasteiger partial charge in [0.1, 0.15) is 0 Å². The Labute approximate surface area is 114 Å². The zero-order valence-corrected chi connectivity index (χ0v) is 11.6. The number of amides is 1. The highest BCUT2D eigenvalue weighted by Crippen LogP contribution is 2.28. The standard InChI is InChI=1S/C13H25N3O3/c1-16(11-5-2-4-10(11)8-14)9-12(17)15-7-3-6-13(18)19/h10-11H,2-9,14H2,1H3,(H,15,17)(H,18,19). The number of hydrogen-bond acceptors (Lipinski definition) is 4. The monoisotopic (exact) mass is 271 g/mol. The Kier molecular flexibility index (Phi) is 6.80. The zero-order valence-electron chi connectivity index (χ0n) is 11.6. The number of carboxylic acid groups (broad SMARTS) is 1. The highest BCUT2D eigenvalue weighted by atomic mass is 16.4. The van der Waals surface area contributed by atoms with Gasteiger partial charge in [0.2, 0.25) is 5.91 Å². The number of carboxylic acids is 1. The van der Waals surface area contributed by atoms with Crippen molar-refractivity contribution in [3.05, 3.63) is 0 Å². The van der Waals surface area contributed by atoms with E-state index in [0.717, 1.165) is 12.8 Å². The van der Waals surface area contributed by atoms with Crippen molar-refractivity contribution in [1.29, 1.82) is 0 Å². The van der Waals surface area contributed by atoms with Gasteiger partial charge in [0, 0.05) is 19.0 Å². The fourth-order valence-corrected chi connectivity index (χ4v) is 2.74. The van der Waals surface area contributed by atoms with Crippen LogP contribution in [-0.4, -0.2) is 54.6 Å². The highest BCUT2D eigenvalue weighted by Gasteiger charge is 2.29. The van der Waals surface area contributed by atoms with Crippen LogP contribution in [-0.2, 0) is 9.59 Å². The normalized spacial score (nSPS) is 22.7. The highest BCUT2D eigenvalue weighted by molar-refractivity contribution is 5.78. The van der Waals surface area contributed by atoms with Crippen molar-refractivity contribution in [2.24, 2.45) is 11.7 Å². The third kappa shape index (κ3) is 5.57. The van der Waals surface area contributed by atoms with Crippen LogP contribution in [0.15, 0.2) is 0 Å². The van der Waals surface area contributed by atoms with Gasteiger partial charge in [0.05, 0.1) is 6.54 Å². The Balaban J connectivity index is 2.22. The number of aliphatic carboxylic acids is 1. The van der Waals surface area contributed by atoms with Gasteiger partial charge in [-0.2, -0.15) is 0 Å². The molecule has 6 heteroatoms. The van der Waals surface area contributed by atoms with Gasteiger partial charge in [-0.1, -0.05) is 6.42 Å². The molecular weight excluding hydrogens is 246 g/mol. The van der Waals surface area contributed by atoms with Crippen molar-refractivity contribution < 1.29 is 14.7 Å². The second-order valence-electron chi connectivity index (χ2n) is 5.26. The molecule has 0 spiro atoms. The van der Waals surface area contributed by atoms with Crippen LogP contribution in [0.4, 0.5) is 0 Å². The van der Waals surface area contributed by atoms with Gasteiger partial charge in [0.25, 0.3) is 0 Å². The van der Waals surface area contributed by atoms with Gasteiger partial charge in [-0.3, -0.25) is 14.5 Å². The van der Waals surface area contributed by atoms with Crippen molar-refractivity contribution in [2.45, 2.75) is 38.1 Å². The van der Waals surface area contributed by atoms with E-state index >= 15 is 0 Å². The van der Waals surface area contributed by atoms with Crippen LogP contribution < -0.4 is 11.1 Å². The van der Waals surface area contributed by atoms with Crippen molar-refractivity contribution in [2.75, 3.05) is 26.7 Å². The zero-order chi connectivity index (χ0) is 14.3. The maximum Gasteiger partial charge on any atom is 0.303 e. The second kappa shape index (κ2) is 8.12. The first kappa shape index (κ1) is 15.9. The largest absolute Gasteiger partial charge is 0.481 e. The number of nitrogens with one attached hydrogen (secondary N) is 1. The Morgan fingerprint density at radius 3 is 2.79 bits per heavy atom. The van der Waals surface area contributed by atoms with Crippen LogP contribution in [0.3, 0.4) is 0 Å². The lowest BCUT2D eigenvalue weighted by molar-refractivity contribution is -0.137. The van der Waals surface area contributed by atoms with Gasteiger partial charge < -0.3 is 16.2 Å². The van der Waals surface area contributed by atoms with Crippen LogP contribution in [0.5, 0.6) is 0 Å². The summed E-state index contributed by atoms with van der Waals surface area (Å²) in [6.07, 6.45) is 3.99. The van der Waals surface area contributed by atoms with Gasteiger partial charge in [0.15, 0.2) is 0 Å². The molecule has 2 unspecified atom stereocenters. The molecule has 0 radical (unpaired) electrons. The van der Waals surface area contributed by atoms with E-state index in [2.05, 4.69) is 10.2 Å². The molecule has 0 aromatic rings. The second-order valence-corrected chi connectivity index (χ2v) is 5.26. The van der Waals surface area contributed by atoms with Crippen LogP contribution in [0.25, 0.3) is 0 Å². The molecule has 6 nitrogen and oxygen atoms in total. The molecule has 0 bridgehead atoms. The third-order valence-corrected chi connectivity index (χ3v) is 3.77. The lowest BCUT2D eigenvalue weighted by Crippen LogP contribution is -2.43. The quantitative estimate of drug-likeness (QED) is 0.541. The van der Waals surface area contributed by atoms with Gasteiger partial charge in [-0.15, -0.1) is 0 Å². The number of nitrogens with zero attached hydrogens (tertiary/aromatic N) is 1. The molecule has 1 aliphatic carbocycles. The fraction of sp³-hybridized carbons (Fsp3) is 0.846. The van der Waals surface area contributed by atoms with E-state index in [9.17, 15) is 9.59 Å². The van der Waals surface area contributed by atoms with E-state index in [1.807, 2.05) is 7.05 Å². The summed E-state index contributed by atoms with van der Waals surface area (Å²) in [4.78, 5) is 24.1. The van der Waals surface area contributed by atoms with E-state index in [-0.39, 0.29) is 12.3 Å². The number of rotatable bonds is 8. The summed E-state index contributed by atoms with van der Waals surface area (Å²) in [5.41, 5.74) is 5.74. The summed E-state index contributed by atoms with van der Waals surface area (Å²) in [5, 5.41) is 11.2. The molecule has 1 rings (SSSR count). The predicted molar refractivity (Wildman–Crippen MR) is 72.7 cm³/mol. The minimum absolute atomic E-state index is 0.0458. The Hall–Kier alpha value is -1.14. The molecule has 0 aromatic heterocycles. The molecular formula is C13H25N3O3. The predicted octanol–water partition coefficient (Wildman–Crippen LogP) is 0.0266. The topological polar surface area (TPSA) is 95.7 Å². The Morgan fingerprint density at radius 1 is 1.42 bits per heavy atom. The molecule has 1 saturated carbocycles. The number of carbonyl (C=O) groups excluding carboxylic acids is 1. The first-order valence-electron chi connectivity index (χ1n) is 6.93. The average Bonchev–Trinajstić information content (AvgIpc) is 2.82. The smallest absolute Gasteiger partial charge is 0.303 e. The van der Waals surface area contributed by atoms with E-state index in [0.29, 0.717) is 38.0 Å². The maximum atomic E-state index is 11.7. The first-order chi connectivity index (χ1) is 9.04. The third-order valence-electron chi connectivity index (χ3n) is 3.77.